The molecule has 1 N–H and O–H groups in total. The van der Waals surface area contributed by atoms with Crippen LogP contribution >= 0.6 is 0 Å². The van der Waals surface area contributed by atoms with Crippen molar-refractivity contribution in [1.29, 1.82) is 0 Å². The number of likely N-dealkylation sites (tertiary alicyclic amines) is 1. The summed E-state index contributed by atoms with van der Waals surface area (Å²) in [5.41, 5.74) is 3.14. The minimum atomic E-state index is -0.299. The van der Waals surface area contributed by atoms with Crippen molar-refractivity contribution in [2.75, 3.05) is 18.4 Å². The van der Waals surface area contributed by atoms with Gasteiger partial charge in [0.2, 0.25) is 0 Å². The number of aromatic nitrogens is 1. The van der Waals surface area contributed by atoms with E-state index in [-0.39, 0.29) is 11.8 Å². The Balaban J connectivity index is 1.46. The van der Waals surface area contributed by atoms with Gasteiger partial charge in [0.05, 0.1) is 22.5 Å². The monoisotopic (exact) mass is 433 g/mol. The van der Waals surface area contributed by atoms with Gasteiger partial charge in [-0.05, 0) is 63.4 Å². The number of ether oxygens (including phenoxy) is 1. The fraction of sp³-hybridized carbons (Fsp3) is 0.320. The van der Waals surface area contributed by atoms with Crippen LogP contribution in [0.4, 0.5) is 5.69 Å². The molecule has 0 aliphatic carbocycles. The summed E-state index contributed by atoms with van der Waals surface area (Å²) in [7, 11) is 0. The maximum absolute atomic E-state index is 13.0. The number of para-hydroxylation sites is 1. The zero-order valence-corrected chi connectivity index (χ0v) is 18.4. The predicted molar refractivity (Wildman–Crippen MR) is 121 cm³/mol. The maximum Gasteiger partial charge on any atom is 0.255 e. The second-order valence-electron chi connectivity index (χ2n) is 7.97. The second kappa shape index (κ2) is 9.68. The van der Waals surface area contributed by atoms with E-state index in [0.717, 1.165) is 43.6 Å². The van der Waals surface area contributed by atoms with Gasteiger partial charge >= 0.3 is 0 Å². The van der Waals surface area contributed by atoms with Crippen molar-refractivity contribution in [2.45, 2.75) is 39.7 Å². The summed E-state index contributed by atoms with van der Waals surface area (Å²) in [6.07, 6.45) is 3.18. The first kappa shape index (κ1) is 21.6. The molecule has 2 aromatic carbocycles. The number of hydrogen-bond acceptors (Lipinski definition) is 5. The quantitative estimate of drug-likeness (QED) is 0.606. The normalized spacial score (nSPS) is 13.6. The summed E-state index contributed by atoms with van der Waals surface area (Å²) in [5.74, 6) is 0.936. The summed E-state index contributed by atoms with van der Waals surface area (Å²) in [4.78, 5) is 27.8. The molecule has 0 saturated carbocycles. The van der Waals surface area contributed by atoms with Gasteiger partial charge in [0.25, 0.3) is 11.8 Å². The SMILES string of the molecule is Cc1noc(C)c1COc1cccc(C(=O)Nc2ccccc2C(=O)N2CCCCC2)c1. The van der Waals surface area contributed by atoms with Gasteiger partial charge in [0, 0.05) is 18.7 Å². The first-order chi connectivity index (χ1) is 15.5. The van der Waals surface area contributed by atoms with Crippen LogP contribution in [0.15, 0.2) is 53.1 Å². The van der Waals surface area contributed by atoms with Gasteiger partial charge in [-0.15, -0.1) is 0 Å². The zero-order valence-electron chi connectivity index (χ0n) is 18.4. The molecule has 166 valence electrons. The highest BCUT2D eigenvalue weighted by atomic mass is 16.5. The van der Waals surface area contributed by atoms with Crippen molar-refractivity contribution in [3.63, 3.8) is 0 Å². The average Bonchev–Trinajstić information content (AvgIpc) is 3.15. The first-order valence-electron chi connectivity index (χ1n) is 10.9. The molecule has 0 atom stereocenters. The summed E-state index contributed by atoms with van der Waals surface area (Å²) >= 11 is 0. The van der Waals surface area contributed by atoms with Crippen molar-refractivity contribution in [3.05, 3.63) is 76.7 Å². The molecule has 0 unspecified atom stereocenters. The molecule has 7 nitrogen and oxygen atoms in total. The zero-order chi connectivity index (χ0) is 22.5. The lowest BCUT2D eigenvalue weighted by atomic mass is 10.1. The van der Waals surface area contributed by atoms with Crippen molar-refractivity contribution in [1.82, 2.24) is 10.1 Å². The van der Waals surface area contributed by atoms with Gasteiger partial charge in [-0.3, -0.25) is 9.59 Å². The number of carbonyl (C=O) groups excluding carboxylic acids is 2. The maximum atomic E-state index is 13.0. The number of piperidine rings is 1. The molecule has 7 heteroatoms. The van der Waals surface area contributed by atoms with E-state index in [0.29, 0.717) is 34.9 Å². The molecule has 1 aliphatic rings. The van der Waals surface area contributed by atoms with E-state index in [1.165, 1.54) is 0 Å². The second-order valence-corrected chi connectivity index (χ2v) is 7.97. The van der Waals surface area contributed by atoms with Crippen LogP contribution in [0.5, 0.6) is 5.75 Å². The molecule has 1 aromatic heterocycles. The lowest BCUT2D eigenvalue weighted by Gasteiger charge is -2.27. The summed E-state index contributed by atoms with van der Waals surface area (Å²) in [6, 6.07) is 14.1. The molecule has 32 heavy (non-hydrogen) atoms. The first-order valence-corrected chi connectivity index (χ1v) is 10.9. The van der Waals surface area contributed by atoms with E-state index >= 15 is 0 Å². The molecule has 1 fully saturated rings. The van der Waals surface area contributed by atoms with Crippen LogP contribution in [0.2, 0.25) is 0 Å². The molecular formula is C25H27N3O4. The Morgan fingerprint density at radius 2 is 1.84 bits per heavy atom. The summed E-state index contributed by atoms with van der Waals surface area (Å²) < 4.78 is 11.0. The molecule has 2 heterocycles. The molecule has 0 bridgehead atoms. The van der Waals surface area contributed by atoms with E-state index in [1.807, 2.05) is 30.9 Å². The standard InChI is InChI=1S/C25H27N3O4/c1-17-22(18(2)32-27-17)16-31-20-10-8-9-19(15-20)24(29)26-23-12-5-4-11-21(23)25(30)28-13-6-3-7-14-28/h4-5,8-12,15H,3,6-7,13-14,16H2,1-2H3,(H,26,29). The molecule has 2 amide bonds. The third-order valence-corrected chi connectivity index (χ3v) is 5.71. The number of rotatable bonds is 6. The van der Waals surface area contributed by atoms with Crippen LogP contribution in [0.3, 0.4) is 0 Å². The highest BCUT2D eigenvalue weighted by Crippen LogP contribution is 2.22. The Kier molecular flexibility index (Phi) is 6.54. The lowest BCUT2D eigenvalue weighted by molar-refractivity contribution is 0.0725. The van der Waals surface area contributed by atoms with E-state index in [1.54, 1.807) is 36.4 Å². The van der Waals surface area contributed by atoms with Crippen molar-refractivity contribution in [2.24, 2.45) is 0 Å². The highest BCUT2D eigenvalue weighted by Gasteiger charge is 2.21. The van der Waals surface area contributed by atoms with E-state index in [4.69, 9.17) is 9.26 Å². The topological polar surface area (TPSA) is 84.7 Å². The van der Waals surface area contributed by atoms with Gasteiger partial charge in [-0.2, -0.15) is 0 Å². The molecule has 0 spiro atoms. The van der Waals surface area contributed by atoms with Crippen LogP contribution < -0.4 is 10.1 Å². The van der Waals surface area contributed by atoms with Crippen LogP contribution in [0.1, 0.15) is 57.0 Å². The third-order valence-electron chi connectivity index (χ3n) is 5.71. The Morgan fingerprint density at radius 1 is 1.06 bits per heavy atom. The van der Waals surface area contributed by atoms with Crippen LogP contribution in [-0.2, 0) is 6.61 Å². The van der Waals surface area contributed by atoms with Crippen LogP contribution in [0.25, 0.3) is 0 Å². The van der Waals surface area contributed by atoms with Crippen molar-refractivity contribution < 1.29 is 18.8 Å². The number of benzene rings is 2. The minimum absolute atomic E-state index is 0.0443. The number of aryl methyl sites for hydroxylation is 2. The van der Waals surface area contributed by atoms with Crippen LogP contribution in [-0.4, -0.2) is 35.0 Å². The highest BCUT2D eigenvalue weighted by molar-refractivity contribution is 6.09. The van der Waals surface area contributed by atoms with E-state index < -0.39 is 0 Å². The van der Waals surface area contributed by atoms with Gasteiger partial charge < -0.3 is 19.5 Å². The molecule has 3 aromatic rings. The Hall–Kier alpha value is -3.61. The van der Waals surface area contributed by atoms with Gasteiger partial charge in [-0.1, -0.05) is 23.4 Å². The molecule has 1 aliphatic heterocycles. The predicted octanol–water partition coefficient (Wildman–Crippen LogP) is 4.75. The summed E-state index contributed by atoms with van der Waals surface area (Å²) in [6.45, 7) is 5.52. The van der Waals surface area contributed by atoms with E-state index in [2.05, 4.69) is 10.5 Å². The Morgan fingerprint density at radius 3 is 2.59 bits per heavy atom. The number of hydrogen-bond donors (Lipinski definition) is 1. The molecule has 0 radical (unpaired) electrons. The molecule has 1 saturated heterocycles. The largest absolute Gasteiger partial charge is 0.489 e. The van der Waals surface area contributed by atoms with Gasteiger partial charge in [-0.25, -0.2) is 0 Å². The number of amides is 2. The third kappa shape index (κ3) is 4.82. The van der Waals surface area contributed by atoms with Gasteiger partial charge in [0.15, 0.2) is 0 Å². The molecule has 4 rings (SSSR count). The van der Waals surface area contributed by atoms with Crippen molar-refractivity contribution >= 4 is 17.5 Å². The number of anilines is 1. The van der Waals surface area contributed by atoms with Gasteiger partial charge in [0.1, 0.15) is 18.1 Å². The van der Waals surface area contributed by atoms with E-state index in [9.17, 15) is 9.59 Å². The Bertz CT molecular complexity index is 1100. The fourth-order valence-corrected chi connectivity index (χ4v) is 3.83. The van der Waals surface area contributed by atoms with Crippen molar-refractivity contribution in [3.8, 4) is 5.75 Å². The fourth-order valence-electron chi connectivity index (χ4n) is 3.83. The number of carbonyl (C=O) groups is 2. The smallest absolute Gasteiger partial charge is 0.255 e. The van der Waals surface area contributed by atoms with Crippen LogP contribution in [0, 0.1) is 13.8 Å². The minimum Gasteiger partial charge on any atom is -0.489 e. The summed E-state index contributed by atoms with van der Waals surface area (Å²) in [5, 5.41) is 6.82. The average molecular weight is 434 g/mol. The lowest BCUT2D eigenvalue weighted by Crippen LogP contribution is -2.36. The molecular weight excluding hydrogens is 406 g/mol. The number of nitrogens with one attached hydrogen (secondary N) is 1. The Labute approximate surface area is 187 Å². The number of nitrogens with zero attached hydrogens (tertiary/aromatic N) is 2.